The quantitative estimate of drug-likeness (QED) is 0.140. The van der Waals surface area contributed by atoms with Crippen LogP contribution in [-0.4, -0.2) is 4.57 Å². The van der Waals surface area contributed by atoms with Gasteiger partial charge in [-0.2, -0.15) is 0 Å². The highest BCUT2D eigenvalue weighted by Crippen LogP contribution is 2.53. The lowest BCUT2D eigenvalue weighted by molar-refractivity contribution is 0.660. The first-order valence-electron chi connectivity index (χ1n) is 24.7. The number of rotatable bonds is 9. The standard InChI is InChI=1S/C69H50N2/c1-69(2)62-35-15-12-29-56(62)61-46-52(43-44-63(61)69)55-32-20-38-66(67(55)50-41-39-49(40-42-50)47-21-6-3-7-22-47)70(54-28-18-25-51(45-54)48-23-8-4-9-24-48)64-36-16-13-30-57(64)59-33-19-34-60-58-31-14-17-37-65(58)71(68(59)60)53-26-10-5-11-27-53/h3-46H,1-2H3. The van der Waals surface area contributed by atoms with Crippen LogP contribution in [0.1, 0.15) is 25.0 Å². The molecule has 0 N–H and O–H groups in total. The molecule has 336 valence electrons. The van der Waals surface area contributed by atoms with E-state index in [9.17, 15) is 0 Å². The van der Waals surface area contributed by atoms with E-state index in [0.717, 1.165) is 50.6 Å². The number of anilines is 3. The molecule has 0 bridgehead atoms. The van der Waals surface area contributed by atoms with Crippen molar-refractivity contribution >= 4 is 38.9 Å². The summed E-state index contributed by atoms with van der Waals surface area (Å²) in [5, 5.41) is 2.45. The topological polar surface area (TPSA) is 8.17 Å². The molecule has 0 spiro atoms. The summed E-state index contributed by atoms with van der Waals surface area (Å²) in [6.07, 6.45) is 0. The minimum absolute atomic E-state index is 0.0955. The van der Waals surface area contributed by atoms with Crippen LogP contribution in [0.15, 0.2) is 267 Å². The van der Waals surface area contributed by atoms with E-state index >= 15 is 0 Å². The van der Waals surface area contributed by atoms with Gasteiger partial charge in [-0.3, -0.25) is 0 Å². The molecule has 0 saturated heterocycles. The Morgan fingerprint density at radius 3 is 1.63 bits per heavy atom. The SMILES string of the molecule is CC1(C)c2ccccc2-c2cc(-c3cccc(N(c4cccc(-c5ccccc5)c4)c4ccccc4-c4cccc5c6ccccc6n(-c6ccccc6)c45)c3-c3ccc(-c4ccccc4)cc3)ccc21. The predicted molar refractivity (Wildman–Crippen MR) is 300 cm³/mol. The maximum atomic E-state index is 2.52. The van der Waals surface area contributed by atoms with E-state index in [1.807, 2.05) is 0 Å². The number of benzene rings is 11. The van der Waals surface area contributed by atoms with Crippen molar-refractivity contribution in [3.8, 4) is 72.4 Å². The van der Waals surface area contributed by atoms with Gasteiger partial charge in [0.05, 0.1) is 22.4 Å². The molecule has 2 heteroatoms. The van der Waals surface area contributed by atoms with Crippen LogP contribution in [-0.2, 0) is 5.41 Å². The van der Waals surface area contributed by atoms with Gasteiger partial charge >= 0.3 is 0 Å². The van der Waals surface area contributed by atoms with Crippen LogP contribution >= 0.6 is 0 Å². The van der Waals surface area contributed by atoms with E-state index in [-0.39, 0.29) is 5.41 Å². The number of nitrogens with zero attached hydrogens (tertiary/aromatic N) is 2. The number of aromatic nitrogens is 1. The number of hydrogen-bond acceptors (Lipinski definition) is 1. The second-order valence-electron chi connectivity index (χ2n) is 19.2. The molecule has 0 amide bonds. The molecular weight excluding hydrogens is 857 g/mol. The Kier molecular flexibility index (Phi) is 10.2. The maximum Gasteiger partial charge on any atom is 0.0620 e. The van der Waals surface area contributed by atoms with Crippen LogP contribution in [0.4, 0.5) is 17.1 Å². The Hall–Kier alpha value is -8.98. The summed E-state index contributed by atoms with van der Waals surface area (Å²) >= 11 is 0. The Morgan fingerprint density at radius 2 is 0.845 bits per heavy atom. The predicted octanol–water partition coefficient (Wildman–Crippen LogP) is 18.9. The minimum atomic E-state index is -0.0955. The lowest BCUT2D eigenvalue weighted by Gasteiger charge is -2.31. The Balaban J connectivity index is 1.10. The molecule has 0 unspecified atom stereocenters. The second-order valence-corrected chi connectivity index (χ2v) is 19.2. The van der Waals surface area contributed by atoms with Crippen molar-refractivity contribution in [2.45, 2.75) is 19.3 Å². The van der Waals surface area contributed by atoms with E-state index in [4.69, 9.17) is 0 Å². The van der Waals surface area contributed by atoms with Crippen molar-refractivity contribution in [3.63, 3.8) is 0 Å². The fourth-order valence-corrected chi connectivity index (χ4v) is 11.5. The summed E-state index contributed by atoms with van der Waals surface area (Å²) in [6, 6.07) is 98.1. The first-order chi connectivity index (χ1) is 35.0. The van der Waals surface area contributed by atoms with E-state index in [0.29, 0.717) is 0 Å². The third-order valence-electron chi connectivity index (χ3n) is 14.8. The van der Waals surface area contributed by atoms with E-state index in [1.54, 1.807) is 0 Å². The molecule has 12 aromatic rings. The van der Waals surface area contributed by atoms with Crippen molar-refractivity contribution in [2.75, 3.05) is 4.90 Å². The molecule has 13 rings (SSSR count). The largest absolute Gasteiger partial charge is 0.309 e. The number of para-hydroxylation sites is 4. The normalized spacial score (nSPS) is 12.5. The van der Waals surface area contributed by atoms with Crippen LogP contribution in [0.25, 0.3) is 94.3 Å². The molecule has 0 saturated carbocycles. The summed E-state index contributed by atoms with van der Waals surface area (Å²) in [4.78, 5) is 2.52. The molecule has 11 aromatic carbocycles. The van der Waals surface area contributed by atoms with Crippen molar-refractivity contribution in [1.82, 2.24) is 4.57 Å². The van der Waals surface area contributed by atoms with Crippen LogP contribution in [0.5, 0.6) is 0 Å². The van der Waals surface area contributed by atoms with Gasteiger partial charge in [0.2, 0.25) is 0 Å². The lowest BCUT2D eigenvalue weighted by Crippen LogP contribution is -2.14. The zero-order chi connectivity index (χ0) is 47.5. The Morgan fingerprint density at radius 1 is 0.324 bits per heavy atom. The summed E-state index contributed by atoms with van der Waals surface area (Å²) in [5.74, 6) is 0. The molecule has 0 atom stereocenters. The number of fused-ring (bicyclic) bond motifs is 6. The smallest absolute Gasteiger partial charge is 0.0620 e. The van der Waals surface area contributed by atoms with Crippen molar-refractivity contribution in [2.24, 2.45) is 0 Å². The van der Waals surface area contributed by atoms with Crippen LogP contribution in [0.3, 0.4) is 0 Å². The summed E-state index contributed by atoms with van der Waals surface area (Å²) in [6.45, 7) is 4.72. The molecule has 1 aliphatic carbocycles. The van der Waals surface area contributed by atoms with Gasteiger partial charge in [-0.25, -0.2) is 0 Å². The fourth-order valence-electron chi connectivity index (χ4n) is 11.5. The minimum Gasteiger partial charge on any atom is -0.309 e. The summed E-state index contributed by atoms with van der Waals surface area (Å²) in [5.41, 5.74) is 23.7. The molecule has 2 nitrogen and oxygen atoms in total. The van der Waals surface area contributed by atoms with Crippen molar-refractivity contribution in [3.05, 3.63) is 278 Å². The summed E-state index contributed by atoms with van der Waals surface area (Å²) < 4.78 is 2.45. The molecule has 0 fully saturated rings. The van der Waals surface area contributed by atoms with Gasteiger partial charge in [-0.15, -0.1) is 0 Å². The number of hydrogen-bond donors (Lipinski definition) is 0. The van der Waals surface area contributed by atoms with Crippen LogP contribution in [0, 0.1) is 0 Å². The molecule has 1 aliphatic rings. The second kappa shape index (κ2) is 17.2. The van der Waals surface area contributed by atoms with Gasteiger partial charge in [-0.05, 0) is 110 Å². The van der Waals surface area contributed by atoms with Crippen LogP contribution in [0.2, 0.25) is 0 Å². The van der Waals surface area contributed by atoms with Crippen LogP contribution < -0.4 is 4.90 Å². The lowest BCUT2D eigenvalue weighted by atomic mass is 9.82. The molecule has 0 aliphatic heterocycles. The van der Waals surface area contributed by atoms with Gasteiger partial charge in [0, 0.05) is 44.3 Å². The highest BCUT2D eigenvalue weighted by Gasteiger charge is 2.35. The molecule has 0 radical (unpaired) electrons. The first-order valence-corrected chi connectivity index (χ1v) is 24.7. The van der Waals surface area contributed by atoms with Gasteiger partial charge in [0.25, 0.3) is 0 Å². The highest BCUT2D eigenvalue weighted by atomic mass is 15.1. The van der Waals surface area contributed by atoms with E-state index in [1.165, 1.54) is 71.9 Å². The van der Waals surface area contributed by atoms with Crippen molar-refractivity contribution in [1.29, 1.82) is 0 Å². The van der Waals surface area contributed by atoms with Gasteiger partial charge in [-0.1, -0.05) is 232 Å². The molecule has 71 heavy (non-hydrogen) atoms. The third-order valence-corrected chi connectivity index (χ3v) is 14.8. The van der Waals surface area contributed by atoms with E-state index in [2.05, 4.69) is 290 Å². The monoisotopic (exact) mass is 906 g/mol. The highest BCUT2D eigenvalue weighted by molar-refractivity contribution is 6.15. The van der Waals surface area contributed by atoms with E-state index < -0.39 is 0 Å². The fraction of sp³-hybridized carbons (Fsp3) is 0.0435. The third kappa shape index (κ3) is 7.10. The average Bonchev–Trinajstić information content (AvgIpc) is 3.90. The zero-order valence-corrected chi connectivity index (χ0v) is 39.8. The average molecular weight is 907 g/mol. The van der Waals surface area contributed by atoms with Gasteiger partial charge in [0.1, 0.15) is 0 Å². The van der Waals surface area contributed by atoms with Gasteiger partial charge in [0.15, 0.2) is 0 Å². The van der Waals surface area contributed by atoms with Crippen molar-refractivity contribution < 1.29 is 0 Å². The summed E-state index contributed by atoms with van der Waals surface area (Å²) in [7, 11) is 0. The maximum absolute atomic E-state index is 2.52. The first kappa shape index (κ1) is 42.1. The Bertz CT molecular complexity index is 3940. The van der Waals surface area contributed by atoms with Gasteiger partial charge < -0.3 is 9.47 Å². The molecular formula is C69H50N2. The molecule has 1 aromatic heterocycles. The Labute approximate surface area is 416 Å². The zero-order valence-electron chi connectivity index (χ0n) is 39.8. The molecule has 1 heterocycles.